The number of aliphatic hydroxyl groups is 1. The third-order valence-corrected chi connectivity index (χ3v) is 5.01. The third-order valence-electron chi connectivity index (χ3n) is 3.72. The Kier molecular flexibility index (Phi) is 3.58. The van der Waals surface area contributed by atoms with E-state index in [0.29, 0.717) is 0 Å². The number of rotatable bonds is 3. The molecule has 1 aliphatic carbocycles. The normalized spacial score (nSPS) is 15.9. The van der Waals surface area contributed by atoms with Crippen LogP contribution in [0.3, 0.4) is 0 Å². The first kappa shape index (κ1) is 12.7. The van der Waals surface area contributed by atoms with E-state index >= 15 is 0 Å². The molecule has 0 fully saturated rings. The molecule has 0 saturated carbocycles. The van der Waals surface area contributed by atoms with E-state index in [4.69, 9.17) is 4.74 Å². The van der Waals surface area contributed by atoms with Crippen LogP contribution < -0.4 is 4.74 Å². The highest BCUT2D eigenvalue weighted by Crippen LogP contribution is 2.35. The van der Waals surface area contributed by atoms with E-state index < -0.39 is 6.10 Å². The van der Waals surface area contributed by atoms with E-state index in [1.807, 2.05) is 24.3 Å². The molecule has 1 heterocycles. The molecule has 2 nitrogen and oxygen atoms in total. The highest BCUT2D eigenvalue weighted by molar-refractivity contribution is 7.12. The monoisotopic (exact) mass is 274 g/mol. The molecule has 0 amide bonds. The van der Waals surface area contributed by atoms with E-state index in [2.05, 4.69) is 6.07 Å². The molecule has 0 saturated heterocycles. The van der Waals surface area contributed by atoms with Gasteiger partial charge in [0, 0.05) is 9.75 Å². The maximum Gasteiger partial charge on any atom is 0.118 e. The number of hydrogen-bond donors (Lipinski definition) is 1. The van der Waals surface area contributed by atoms with Gasteiger partial charge in [0.2, 0.25) is 0 Å². The van der Waals surface area contributed by atoms with Crippen molar-refractivity contribution in [3.05, 3.63) is 51.2 Å². The fourth-order valence-electron chi connectivity index (χ4n) is 2.60. The van der Waals surface area contributed by atoms with Crippen LogP contribution in [0, 0.1) is 0 Å². The second kappa shape index (κ2) is 5.35. The molecule has 1 unspecified atom stereocenters. The van der Waals surface area contributed by atoms with Gasteiger partial charge in [-0.1, -0.05) is 12.1 Å². The van der Waals surface area contributed by atoms with Gasteiger partial charge in [0.1, 0.15) is 11.9 Å². The molecule has 1 N–H and O–H groups in total. The van der Waals surface area contributed by atoms with Crippen molar-refractivity contribution in [1.29, 1.82) is 0 Å². The molecule has 0 bridgehead atoms. The summed E-state index contributed by atoms with van der Waals surface area (Å²) < 4.78 is 5.14. The van der Waals surface area contributed by atoms with Crippen molar-refractivity contribution in [2.45, 2.75) is 31.8 Å². The van der Waals surface area contributed by atoms with Crippen LogP contribution in [0.1, 0.15) is 39.8 Å². The van der Waals surface area contributed by atoms with Crippen molar-refractivity contribution in [2.75, 3.05) is 7.11 Å². The molecule has 1 aliphatic rings. The molecule has 0 spiro atoms. The molecule has 0 aliphatic heterocycles. The minimum absolute atomic E-state index is 0.512. The van der Waals surface area contributed by atoms with Gasteiger partial charge in [0.05, 0.1) is 7.11 Å². The van der Waals surface area contributed by atoms with Crippen LogP contribution in [0.2, 0.25) is 0 Å². The number of methoxy groups -OCH3 is 1. The highest BCUT2D eigenvalue weighted by atomic mass is 32.1. The molecule has 2 aromatic rings. The number of benzene rings is 1. The van der Waals surface area contributed by atoms with Crippen LogP contribution in [0.5, 0.6) is 5.75 Å². The lowest BCUT2D eigenvalue weighted by atomic mass is 9.98. The fraction of sp³-hybridized carbons (Fsp3) is 0.375. The second-order valence-electron chi connectivity index (χ2n) is 4.98. The van der Waals surface area contributed by atoms with Gasteiger partial charge in [-0.2, -0.15) is 0 Å². The molecule has 19 heavy (non-hydrogen) atoms. The summed E-state index contributed by atoms with van der Waals surface area (Å²) in [5.74, 6) is 0.821. The van der Waals surface area contributed by atoms with Gasteiger partial charge >= 0.3 is 0 Å². The van der Waals surface area contributed by atoms with Gasteiger partial charge < -0.3 is 9.84 Å². The summed E-state index contributed by atoms with van der Waals surface area (Å²) in [5.41, 5.74) is 2.37. The van der Waals surface area contributed by atoms with Gasteiger partial charge in [0.25, 0.3) is 0 Å². The van der Waals surface area contributed by atoms with E-state index in [1.165, 1.54) is 36.1 Å². The maximum absolute atomic E-state index is 10.5. The Morgan fingerprint density at radius 3 is 2.58 bits per heavy atom. The molecule has 1 aromatic carbocycles. The second-order valence-corrected chi connectivity index (χ2v) is 6.15. The molecule has 100 valence electrons. The Bertz CT molecular complexity index is 533. The van der Waals surface area contributed by atoms with E-state index in [-0.39, 0.29) is 0 Å². The molecular weight excluding hydrogens is 256 g/mol. The Morgan fingerprint density at radius 2 is 1.89 bits per heavy atom. The number of hydrogen-bond acceptors (Lipinski definition) is 3. The predicted octanol–water partition coefficient (Wildman–Crippen LogP) is 3.72. The van der Waals surface area contributed by atoms with Crippen LogP contribution in [0.25, 0.3) is 0 Å². The van der Waals surface area contributed by atoms with Gasteiger partial charge in [-0.25, -0.2) is 0 Å². The SMILES string of the molecule is COc1ccc(C(O)c2cc3c(s2)CCCC3)cc1. The zero-order valence-electron chi connectivity index (χ0n) is 11.1. The summed E-state index contributed by atoms with van der Waals surface area (Å²) in [6.45, 7) is 0. The summed E-state index contributed by atoms with van der Waals surface area (Å²) in [7, 11) is 1.65. The van der Waals surface area contributed by atoms with Crippen LogP contribution in [0.15, 0.2) is 30.3 Å². The lowest BCUT2D eigenvalue weighted by molar-refractivity contribution is 0.224. The van der Waals surface area contributed by atoms with Gasteiger partial charge in [-0.05, 0) is 55.0 Å². The molecule has 3 heteroatoms. The minimum Gasteiger partial charge on any atom is -0.497 e. The lowest BCUT2D eigenvalue weighted by Gasteiger charge is -2.09. The van der Waals surface area contributed by atoms with Crippen molar-refractivity contribution in [1.82, 2.24) is 0 Å². The average Bonchev–Trinajstić information content (AvgIpc) is 2.90. The van der Waals surface area contributed by atoms with Crippen molar-refractivity contribution < 1.29 is 9.84 Å². The quantitative estimate of drug-likeness (QED) is 0.924. The first-order chi connectivity index (χ1) is 9.28. The molecular formula is C16H18O2S. The summed E-state index contributed by atoms with van der Waals surface area (Å²) in [5, 5.41) is 10.5. The Labute approximate surface area is 117 Å². The van der Waals surface area contributed by atoms with Gasteiger partial charge in [-0.15, -0.1) is 11.3 Å². The van der Waals surface area contributed by atoms with Crippen LogP contribution in [0.4, 0.5) is 0 Å². The number of fused-ring (bicyclic) bond motifs is 1. The van der Waals surface area contributed by atoms with Crippen LogP contribution >= 0.6 is 11.3 Å². The zero-order chi connectivity index (χ0) is 13.2. The summed E-state index contributed by atoms with van der Waals surface area (Å²) in [6, 6.07) is 9.84. The number of aliphatic hydroxyl groups excluding tert-OH is 1. The van der Waals surface area contributed by atoms with Crippen molar-refractivity contribution in [2.24, 2.45) is 0 Å². The zero-order valence-corrected chi connectivity index (χ0v) is 11.9. The minimum atomic E-state index is -0.512. The Hall–Kier alpha value is -1.32. The van der Waals surface area contributed by atoms with Crippen LogP contribution in [-0.4, -0.2) is 12.2 Å². The van der Waals surface area contributed by atoms with Crippen LogP contribution in [-0.2, 0) is 12.8 Å². The fourth-order valence-corrected chi connectivity index (χ4v) is 3.87. The number of ether oxygens (including phenoxy) is 1. The highest BCUT2D eigenvalue weighted by Gasteiger charge is 2.18. The smallest absolute Gasteiger partial charge is 0.118 e. The van der Waals surface area contributed by atoms with Crippen molar-refractivity contribution in [3.63, 3.8) is 0 Å². The summed E-state index contributed by atoms with van der Waals surface area (Å²) >= 11 is 1.77. The number of thiophene rings is 1. The van der Waals surface area contributed by atoms with Crippen molar-refractivity contribution in [3.8, 4) is 5.75 Å². The number of aryl methyl sites for hydroxylation is 2. The maximum atomic E-state index is 10.5. The standard InChI is InChI=1S/C16H18O2S/c1-18-13-8-6-11(7-9-13)16(17)15-10-12-4-2-3-5-14(12)19-15/h6-10,16-17H,2-5H2,1H3. The van der Waals surface area contributed by atoms with E-state index in [1.54, 1.807) is 18.4 Å². The first-order valence-electron chi connectivity index (χ1n) is 6.71. The largest absolute Gasteiger partial charge is 0.497 e. The lowest BCUT2D eigenvalue weighted by Crippen LogP contribution is -1.97. The first-order valence-corrected chi connectivity index (χ1v) is 7.53. The van der Waals surface area contributed by atoms with Crippen molar-refractivity contribution >= 4 is 11.3 Å². The average molecular weight is 274 g/mol. The van der Waals surface area contributed by atoms with Gasteiger partial charge in [0.15, 0.2) is 0 Å². The van der Waals surface area contributed by atoms with Gasteiger partial charge in [-0.3, -0.25) is 0 Å². The summed E-state index contributed by atoms with van der Waals surface area (Å²) in [6.07, 6.45) is 4.39. The molecule has 3 rings (SSSR count). The molecule has 0 radical (unpaired) electrons. The topological polar surface area (TPSA) is 29.5 Å². The third kappa shape index (κ3) is 2.53. The molecule has 1 atom stereocenters. The predicted molar refractivity (Wildman–Crippen MR) is 78.0 cm³/mol. The molecule has 1 aromatic heterocycles. The summed E-state index contributed by atoms with van der Waals surface area (Å²) in [4.78, 5) is 2.53. The Balaban J connectivity index is 1.85. The van der Waals surface area contributed by atoms with E-state index in [0.717, 1.165) is 16.2 Å². The van der Waals surface area contributed by atoms with E-state index in [9.17, 15) is 5.11 Å². The Morgan fingerprint density at radius 1 is 1.16 bits per heavy atom.